The fourth-order valence-electron chi connectivity index (χ4n) is 5.31. The van der Waals surface area contributed by atoms with Crippen LogP contribution in [0.5, 0.6) is 0 Å². The van der Waals surface area contributed by atoms with Gasteiger partial charge in [-0.25, -0.2) is 0 Å². The number of amides is 1. The van der Waals surface area contributed by atoms with Crippen molar-refractivity contribution in [2.24, 2.45) is 11.3 Å². The van der Waals surface area contributed by atoms with Crippen LogP contribution in [0.25, 0.3) is 0 Å². The molecule has 0 radical (unpaired) electrons. The van der Waals surface area contributed by atoms with E-state index in [0.717, 1.165) is 12.5 Å². The zero-order valence-electron chi connectivity index (χ0n) is 19.7. The quantitative estimate of drug-likeness (QED) is 0.652. The summed E-state index contributed by atoms with van der Waals surface area (Å²) >= 11 is 0. The minimum absolute atomic E-state index is 0.0124. The molecular weight excluding hydrogens is 451 g/mol. The van der Waals surface area contributed by atoms with E-state index in [9.17, 15) is 22.8 Å². The van der Waals surface area contributed by atoms with Crippen molar-refractivity contribution in [2.75, 3.05) is 26.9 Å². The van der Waals surface area contributed by atoms with Crippen molar-refractivity contribution < 1.29 is 27.4 Å². The highest BCUT2D eigenvalue weighted by molar-refractivity contribution is 5.86. The third kappa shape index (κ3) is 4.67. The molecule has 0 aromatic carbocycles. The SMILES string of the molecule is CO[C@@H]1COCC[C@@H]1NC1C=C[C@@](C(=O)N2CCn3c(cc(C(F)(F)F)cc3=O)C2)(C(C)C)C1. The van der Waals surface area contributed by atoms with E-state index in [0.29, 0.717) is 25.7 Å². The van der Waals surface area contributed by atoms with E-state index in [1.807, 2.05) is 26.0 Å². The molecule has 0 spiro atoms. The fraction of sp³-hybridized carbons (Fsp3) is 0.667. The minimum Gasteiger partial charge on any atom is -0.379 e. The molecule has 1 aromatic rings. The number of hydrogen-bond donors (Lipinski definition) is 1. The lowest BCUT2D eigenvalue weighted by Crippen LogP contribution is -2.53. The molecule has 3 aliphatic rings. The van der Waals surface area contributed by atoms with Crippen molar-refractivity contribution >= 4 is 5.91 Å². The van der Waals surface area contributed by atoms with Crippen LogP contribution >= 0.6 is 0 Å². The lowest BCUT2D eigenvalue weighted by atomic mass is 9.74. The van der Waals surface area contributed by atoms with E-state index in [-0.39, 0.29) is 55.3 Å². The van der Waals surface area contributed by atoms with Gasteiger partial charge >= 0.3 is 6.18 Å². The summed E-state index contributed by atoms with van der Waals surface area (Å²) in [4.78, 5) is 27.6. The first-order chi connectivity index (χ1) is 16.0. The standard InChI is InChI=1S/C24H32F3N3O4/c1-15(2)23(6-4-17(12-23)28-19-5-9-34-14-20(19)33-3)22(32)29-7-8-30-18(13-29)10-16(11-21(30)31)24(25,26)27/h4,6,10-11,15,17,19-20,28H,5,7-9,12-14H2,1-3H3/t17?,19-,20+,23-/m0/s1. The molecule has 4 atom stereocenters. The molecule has 0 saturated carbocycles. The Balaban J connectivity index is 1.52. The topological polar surface area (TPSA) is 72.8 Å². The van der Waals surface area contributed by atoms with Crippen LogP contribution in [0.1, 0.15) is 37.9 Å². The number of nitrogens with one attached hydrogen (secondary N) is 1. The Morgan fingerprint density at radius 3 is 2.74 bits per heavy atom. The number of alkyl halides is 3. The molecule has 2 aliphatic heterocycles. The van der Waals surface area contributed by atoms with Crippen LogP contribution in [0.2, 0.25) is 0 Å². The average molecular weight is 484 g/mol. The molecule has 1 N–H and O–H groups in total. The lowest BCUT2D eigenvalue weighted by molar-refractivity contribution is -0.143. The lowest BCUT2D eigenvalue weighted by Gasteiger charge is -2.40. The maximum absolute atomic E-state index is 13.8. The van der Waals surface area contributed by atoms with Crippen LogP contribution in [-0.4, -0.2) is 60.4 Å². The highest BCUT2D eigenvalue weighted by atomic mass is 19.4. The van der Waals surface area contributed by atoms with Crippen LogP contribution in [0, 0.1) is 11.3 Å². The summed E-state index contributed by atoms with van der Waals surface area (Å²) in [6, 6.07) is 1.69. The van der Waals surface area contributed by atoms with E-state index >= 15 is 0 Å². The molecule has 0 bridgehead atoms. The summed E-state index contributed by atoms with van der Waals surface area (Å²) in [7, 11) is 1.66. The molecule has 1 fully saturated rings. The first kappa shape index (κ1) is 24.9. The van der Waals surface area contributed by atoms with Crippen LogP contribution in [0.4, 0.5) is 13.2 Å². The molecule has 1 amide bonds. The summed E-state index contributed by atoms with van der Waals surface area (Å²) in [6.07, 6.45) is 0.661. The summed E-state index contributed by atoms with van der Waals surface area (Å²) in [5, 5.41) is 3.60. The van der Waals surface area contributed by atoms with Gasteiger partial charge in [0.1, 0.15) is 0 Å². The molecular formula is C24H32F3N3O4. The molecule has 1 aromatic heterocycles. The maximum Gasteiger partial charge on any atom is 0.416 e. The molecule has 3 heterocycles. The number of ether oxygens (including phenoxy) is 2. The van der Waals surface area contributed by atoms with Gasteiger partial charge in [0.2, 0.25) is 5.91 Å². The monoisotopic (exact) mass is 483 g/mol. The van der Waals surface area contributed by atoms with Crippen molar-refractivity contribution in [1.82, 2.24) is 14.8 Å². The van der Waals surface area contributed by atoms with E-state index < -0.39 is 22.7 Å². The number of nitrogens with zero attached hydrogens (tertiary/aromatic N) is 2. The molecule has 188 valence electrons. The normalized spacial score (nSPS) is 29.5. The second kappa shape index (κ2) is 9.47. The van der Waals surface area contributed by atoms with Gasteiger partial charge in [-0.1, -0.05) is 26.0 Å². The van der Waals surface area contributed by atoms with Crippen molar-refractivity contribution in [3.8, 4) is 0 Å². The Kier molecular flexibility index (Phi) is 6.94. The second-order valence-corrected chi connectivity index (χ2v) is 9.73. The number of halogens is 3. The molecule has 10 heteroatoms. The molecule has 1 aliphatic carbocycles. The van der Waals surface area contributed by atoms with Gasteiger partial charge in [-0.3, -0.25) is 9.59 Å². The number of carbonyl (C=O) groups excluding carboxylic acids is 1. The van der Waals surface area contributed by atoms with Crippen LogP contribution in [-0.2, 0) is 33.5 Å². The molecule has 4 rings (SSSR count). The van der Waals surface area contributed by atoms with Gasteiger partial charge in [0.05, 0.1) is 30.2 Å². The van der Waals surface area contributed by atoms with Gasteiger partial charge in [0, 0.05) is 50.7 Å². The van der Waals surface area contributed by atoms with E-state index in [4.69, 9.17) is 9.47 Å². The third-order valence-corrected chi connectivity index (χ3v) is 7.42. The number of rotatable bonds is 5. The van der Waals surface area contributed by atoms with Gasteiger partial charge in [0.15, 0.2) is 0 Å². The predicted octanol–water partition coefficient (Wildman–Crippen LogP) is 2.57. The summed E-state index contributed by atoms with van der Waals surface area (Å²) in [5.74, 6) is -0.129. The Bertz CT molecular complexity index is 1010. The zero-order chi connectivity index (χ0) is 24.7. The van der Waals surface area contributed by atoms with Crippen LogP contribution in [0.3, 0.4) is 0 Å². The molecule has 1 unspecified atom stereocenters. The van der Waals surface area contributed by atoms with E-state index in [1.54, 1.807) is 12.0 Å². The minimum atomic E-state index is -4.61. The highest BCUT2D eigenvalue weighted by Gasteiger charge is 2.47. The predicted molar refractivity (Wildman–Crippen MR) is 119 cm³/mol. The van der Waals surface area contributed by atoms with Crippen molar-refractivity contribution in [1.29, 1.82) is 0 Å². The van der Waals surface area contributed by atoms with Gasteiger partial charge < -0.3 is 24.3 Å². The highest BCUT2D eigenvalue weighted by Crippen LogP contribution is 2.42. The van der Waals surface area contributed by atoms with Gasteiger partial charge in [0.25, 0.3) is 5.56 Å². The smallest absolute Gasteiger partial charge is 0.379 e. The first-order valence-corrected chi connectivity index (χ1v) is 11.7. The maximum atomic E-state index is 13.8. The summed E-state index contributed by atoms with van der Waals surface area (Å²) in [6.45, 7) is 5.57. The Morgan fingerprint density at radius 2 is 2.06 bits per heavy atom. The second-order valence-electron chi connectivity index (χ2n) is 9.73. The number of methoxy groups -OCH3 is 1. The van der Waals surface area contributed by atoms with Gasteiger partial charge in [-0.2, -0.15) is 13.2 Å². The molecule has 7 nitrogen and oxygen atoms in total. The fourth-order valence-corrected chi connectivity index (χ4v) is 5.31. The number of fused-ring (bicyclic) bond motifs is 1. The van der Waals surface area contributed by atoms with Crippen LogP contribution in [0.15, 0.2) is 29.1 Å². The first-order valence-electron chi connectivity index (χ1n) is 11.7. The summed E-state index contributed by atoms with van der Waals surface area (Å²) in [5.41, 5.74) is -2.23. The van der Waals surface area contributed by atoms with Crippen molar-refractivity contribution in [2.45, 2.75) is 64.1 Å². The van der Waals surface area contributed by atoms with Crippen molar-refractivity contribution in [3.63, 3.8) is 0 Å². The average Bonchev–Trinajstić information content (AvgIpc) is 3.23. The van der Waals surface area contributed by atoms with Gasteiger partial charge in [-0.05, 0) is 24.8 Å². The van der Waals surface area contributed by atoms with E-state index in [1.165, 1.54) is 4.57 Å². The number of aromatic nitrogens is 1. The third-order valence-electron chi connectivity index (χ3n) is 7.42. The molecule has 34 heavy (non-hydrogen) atoms. The Morgan fingerprint density at radius 1 is 1.29 bits per heavy atom. The Hall–Kier alpha value is -2.17. The van der Waals surface area contributed by atoms with Crippen molar-refractivity contribution in [3.05, 3.63) is 45.9 Å². The largest absolute Gasteiger partial charge is 0.416 e. The number of hydrogen-bond acceptors (Lipinski definition) is 5. The van der Waals surface area contributed by atoms with Crippen LogP contribution < -0.4 is 10.9 Å². The Labute approximate surface area is 196 Å². The summed E-state index contributed by atoms with van der Waals surface area (Å²) < 4.78 is 52.1. The van der Waals surface area contributed by atoms with E-state index in [2.05, 4.69) is 5.32 Å². The zero-order valence-corrected chi connectivity index (χ0v) is 19.7. The van der Waals surface area contributed by atoms with Gasteiger partial charge in [-0.15, -0.1) is 0 Å². The number of carbonyl (C=O) groups is 1. The number of pyridine rings is 1. The molecule has 1 saturated heterocycles.